The second-order valence-corrected chi connectivity index (χ2v) is 4.68. The number of nitrogen functional groups attached to an aromatic ring is 1. The number of halogens is 1. The molecule has 1 aliphatic rings. The van der Waals surface area contributed by atoms with Crippen molar-refractivity contribution in [3.63, 3.8) is 0 Å². The highest BCUT2D eigenvalue weighted by Gasteiger charge is 2.35. The molecule has 0 saturated carbocycles. The average Bonchev–Trinajstić information content (AvgIpc) is 2.79. The Balaban J connectivity index is 2.30. The molecule has 104 valence electrons. The Bertz CT molecular complexity index is 483. The monoisotopic (exact) mass is 268 g/mol. The van der Waals surface area contributed by atoms with E-state index in [0.717, 1.165) is 6.42 Å². The Morgan fingerprint density at radius 3 is 3.11 bits per heavy atom. The fourth-order valence-electron chi connectivity index (χ4n) is 2.40. The molecule has 1 fully saturated rings. The molecule has 2 rings (SSSR count). The van der Waals surface area contributed by atoms with E-state index in [-0.39, 0.29) is 29.9 Å². The Kier molecular flexibility index (Phi) is 3.96. The predicted octanol–water partition coefficient (Wildman–Crippen LogP) is 0.349. The second kappa shape index (κ2) is 5.50. The normalized spacial score (nSPS) is 22.6. The van der Waals surface area contributed by atoms with Crippen LogP contribution >= 0.6 is 0 Å². The van der Waals surface area contributed by atoms with Crippen LogP contribution in [0.4, 0.5) is 10.2 Å². The first-order chi connectivity index (χ1) is 9.10. The molecule has 0 radical (unpaired) electrons. The molecule has 0 spiro atoms. The molecule has 2 unspecified atom stereocenters. The maximum atomic E-state index is 14.0. The molecule has 0 aromatic carbocycles. The van der Waals surface area contributed by atoms with E-state index < -0.39 is 11.7 Å². The SMILES string of the molecule is CC1CCN(C(=O)c2ccnc(NN)c2F)C1CO. The lowest BCUT2D eigenvalue weighted by atomic mass is 10.0. The van der Waals surface area contributed by atoms with Crippen molar-refractivity contribution < 1.29 is 14.3 Å². The highest BCUT2D eigenvalue weighted by Crippen LogP contribution is 2.26. The first-order valence-electron chi connectivity index (χ1n) is 6.13. The average molecular weight is 268 g/mol. The van der Waals surface area contributed by atoms with Gasteiger partial charge >= 0.3 is 0 Å². The molecule has 1 aromatic rings. The number of nitrogens with one attached hydrogen (secondary N) is 1. The minimum atomic E-state index is -0.772. The molecular formula is C12H17FN4O2. The highest BCUT2D eigenvalue weighted by molar-refractivity contribution is 5.95. The van der Waals surface area contributed by atoms with Gasteiger partial charge in [0.15, 0.2) is 11.6 Å². The van der Waals surface area contributed by atoms with Crippen LogP contribution in [0.25, 0.3) is 0 Å². The lowest BCUT2D eigenvalue weighted by Gasteiger charge is -2.25. The molecule has 6 nitrogen and oxygen atoms in total. The zero-order valence-electron chi connectivity index (χ0n) is 10.6. The number of pyridine rings is 1. The largest absolute Gasteiger partial charge is 0.394 e. The maximum absolute atomic E-state index is 14.0. The summed E-state index contributed by atoms with van der Waals surface area (Å²) in [6, 6.07) is 1.05. The summed E-state index contributed by atoms with van der Waals surface area (Å²) < 4.78 is 14.0. The van der Waals surface area contributed by atoms with E-state index in [4.69, 9.17) is 5.84 Å². The molecule has 19 heavy (non-hydrogen) atoms. The smallest absolute Gasteiger partial charge is 0.257 e. The number of carbonyl (C=O) groups is 1. The minimum Gasteiger partial charge on any atom is -0.394 e. The van der Waals surface area contributed by atoms with Crippen molar-refractivity contribution in [1.82, 2.24) is 9.88 Å². The third kappa shape index (κ3) is 2.39. The number of aromatic nitrogens is 1. The van der Waals surface area contributed by atoms with Crippen LogP contribution < -0.4 is 11.3 Å². The van der Waals surface area contributed by atoms with Gasteiger partial charge in [-0.2, -0.15) is 0 Å². The number of aliphatic hydroxyl groups is 1. The van der Waals surface area contributed by atoms with Crippen LogP contribution in [0.1, 0.15) is 23.7 Å². The third-order valence-electron chi connectivity index (χ3n) is 3.59. The van der Waals surface area contributed by atoms with Gasteiger partial charge in [-0.1, -0.05) is 6.92 Å². The highest BCUT2D eigenvalue weighted by atomic mass is 19.1. The van der Waals surface area contributed by atoms with E-state index in [1.807, 2.05) is 6.92 Å². The number of rotatable bonds is 3. The van der Waals surface area contributed by atoms with E-state index in [9.17, 15) is 14.3 Å². The van der Waals surface area contributed by atoms with Gasteiger partial charge in [0.1, 0.15) is 0 Å². The van der Waals surface area contributed by atoms with E-state index in [1.165, 1.54) is 17.2 Å². The summed E-state index contributed by atoms with van der Waals surface area (Å²) in [4.78, 5) is 17.5. The first-order valence-corrected chi connectivity index (χ1v) is 6.13. The molecule has 0 aliphatic carbocycles. The van der Waals surface area contributed by atoms with Gasteiger partial charge in [0.25, 0.3) is 5.91 Å². The van der Waals surface area contributed by atoms with Crippen LogP contribution in [-0.2, 0) is 0 Å². The molecule has 0 bridgehead atoms. The van der Waals surface area contributed by atoms with E-state index in [1.54, 1.807) is 0 Å². The first kappa shape index (κ1) is 13.7. The van der Waals surface area contributed by atoms with Crippen molar-refractivity contribution in [3.05, 3.63) is 23.6 Å². The van der Waals surface area contributed by atoms with Crippen LogP contribution in [0.3, 0.4) is 0 Å². The van der Waals surface area contributed by atoms with Gasteiger partial charge < -0.3 is 15.4 Å². The number of anilines is 1. The number of carbonyl (C=O) groups excluding carboxylic acids is 1. The predicted molar refractivity (Wildman–Crippen MR) is 67.7 cm³/mol. The van der Waals surface area contributed by atoms with Crippen molar-refractivity contribution in [1.29, 1.82) is 0 Å². The molecule has 7 heteroatoms. The van der Waals surface area contributed by atoms with Crippen molar-refractivity contribution >= 4 is 11.7 Å². The summed E-state index contributed by atoms with van der Waals surface area (Å²) in [7, 11) is 0. The molecule has 1 amide bonds. The van der Waals surface area contributed by atoms with Gasteiger partial charge in [0.2, 0.25) is 0 Å². The van der Waals surface area contributed by atoms with Gasteiger partial charge in [-0.15, -0.1) is 0 Å². The molecular weight excluding hydrogens is 251 g/mol. The summed E-state index contributed by atoms with van der Waals surface area (Å²) in [6.45, 7) is 2.35. The number of hydrogen-bond donors (Lipinski definition) is 3. The van der Waals surface area contributed by atoms with Gasteiger partial charge in [-0.05, 0) is 18.4 Å². The second-order valence-electron chi connectivity index (χ2n) is 4.68. The van der Waals surface area contributed by atoms with Gasteiger partial charge in [-0.3, -0.25) is 4.79 Å². The number of amides is 1. The standard InChI is InChI=1S/C12H17FN4O2/c1-7-3-5-17(9(7)6-18)12(19)8-2-4-15-11(16-14)10(8)13/h2,4,7,9,18H,3,5-6,14H2,1H3,(H,15,16). The topological polar surface area (TPSA) is 91.5 Å². The number of hydrogen-bond acceptors (Lipinski definition) is 5. The van der Waals surface area contributed by atoms with Crippen molar-refractivity contribution in [3.8, 4) is 0 Å². The van der Waals surface area contributed by atoms with Crippen LogP contribution in [0.2, 0.25) is 0 Å². The van der Waals surface area contributed by atoms with E-state index in [2.05, 4.69) is 10.4 Å². The van der Waals surface area contributed by atoms with Crippen molar-refractivity contribution in [2.24, 2.45) is 11.8 Å². The fourth-order valence-corrected chi connectivity index (χ4v) is 2.40. The number of hydrazine groups is 1. The summed E-state index contributed by atoms with van der Waals surface area (Å²) >= 11 is 0. The molecule has 4 N–H and O–H groups in total. The molecule has 2 atom stereocenters. The molecule has 2 heterocycles. The lowest BCUT2D eigenvalue weighted by molar-refractivity contribution is 0.0643. The Labute approximate surface area is 110 Å². The minimum absolute atomic E-state index is 0.0875. The van der Waals surface area contributed by atoms with E-state index in [0.29, 0.717) is 6.54 Å². The Morgan fingerprint density at radius 2 is 2.47 bits per heavy atom. The third-order valence-corrected chi connectivity index (χ3v) is 3.59. The van der Waals surface area contributed by atoms with Gasteiger partial charge in [-0.25, -0.2) is 15.2 Å². The number of nitrogens with two attached hydrogens (primary N) is 1. The van der Waals surface area contributed by atoms with Crippen LogP contribution in [0, 0.1) is 11.7 Å². The molecule has 1 aliphatic heterocycles. The molecule has 1 aromatic heterocycles. The zero-order valence-corrected chi connectivity index (χ0v) is 10.6. The fraction of sp³-hybridized carbons (Fsp3) is 0.500. The summed E-state index contributed by atoms with van der Waals surface area (Å²) in [6.07, 6.45) is 2.12. The maximum Gasteiger partial charge on any atom is 0.257 e. The lowest BCUT2D eigenvalue weighted by Crippen LogP contribution is -2.40. The summed E-state index contributed by atoms with van der Waals surface area (Å²) in [5, 5.41) is 9.34. The van der Waals surface area contributed by atoms with Crippen molar-refractivity contribution in [2.75, 3.05) is 18.6 Å². The number of aliphatic hydroxyl groups excluding tert-OH is 1. The Morgan fingerprint density at radius 1 is 1.74 bits per heavy atom. The van der Waals surface area contributed by atoms with Gasteiger partial charge in [0, 0.05) is 12.7 Å². The summed E-state index contributed by atoms with van der Waals surface area (Å²) in [5.74, 6) is 3.95. The Hall–Kier alpha value is -1.73. The van der Waals surface area contributed by atoms with Crippen LogP contribution in [0.5, 0.6) is 0 Å². The zero-order chi connectivity index (χ0) is 14.0. The number of nitrogens with zero attached hydrogens (tertiary/aromatic N) is 2. The van der Waals surface area contributed by atoms with E-state index >= 15 is 0 Å². The molecule has 1 saturated heterocycles. The summed E-state index contributed by atoms with van der Waals surface area (Å²) in [5.41, 5.74) is 2.02. The van der Waals surface area contributed by atoms with Crippen LogP contribution in [-0.4, -0.2) is 40.1 Å². The van der Waals surface area contributed by atoms with Gasteiger partial charge in [0.05, 0.1) is 18.2 Å². The van der Waals surface area contributed by atoms with Crippen LogP contribution in [0.15, 0.2) is 12.3 Å². The number of likely N-dealkylation sites (tertiary alicyclic amines) is 1. The quantitative estimate of drug-likeness (QED) is 0.543. The van der Waals surface area contributed by atoms with Crippen molar-refractivity contribution in [2.45, 2.75) is 19.4 Å².